The number of aliphatic hydroxyl groups is 1. The van der Waals surface area contributed by atoms with E-state index in [9.17, 15) is 4.39 Å². The summed E-state index contributed by atoms with van der Waals surface area (Å²) in [5.41, 5.74) is 0.545. The van der Waals surface area contributed by atoms with Crippen molar-refractivity contribution in [1.29, 1.82) is 0 Å². The summed E-state index contributed by atoms with van der Waals surface area (Å²) in [6.45, 7) is 4.19. The van der Waals surface area contributed by atoms with Crippen LogP contribution in [0.3, 0.4) is 0 Å². The third kappa shape index (κ3) is 2.81. The van der Waals surface area contributed by atoms with Gasteiger partial charge in [0.1, 0.15) is 12.8 Å². The van der Waals surface area contributed by atoms with Crippen molar-refractivity contribution in [3.63, 3.8) is 0 Å². The Labute approximate surface area is 77.2 Å². The van der Waals surface area contributed by atoms with E-state index in [0.29, 0.717) is 11.5 Å². The molecule has 74 valence electrons. The normalized spacial score (nSPS) is 13.6. The Hall–Kier alpha value is -0.900. The molecule has 1 aromatic heterocycles. The molecule has 13 heavy (non-hydrogen) atoms. The van der Waals surface area contributed by atoms with Crippen LogP contribution < -0.4 is 0 Å². The molecule has 0 bridgehead atoms. The van der Waals surface area contributed by atoms with Crippen molar-refractivity contribution in [2.24, 2.45) is 5.92 Å². The first-order valence-corrected chi connectivity index (χ1v) is 4.40. The fraction of sp³-hybridized carbons (Fsp3) is 0.667. The lowest BCUT2D eigenvalue weighted by Crippen LogP contribution is -2.04. The summed E-state index contributed by atoms with van der Waals surface area (Å²) in [7, 11) is 0. The predicted octanol–water partition coefficient (Wildman–Crippen LogP) is 1.54. The lowest BCUT2D eigenvalue weighted by Gasteiger charge is -2.04. The van der Waals surface area contributed by atoms with Gasteiger partial charge in [-0.3, -0.25) is 4.68 Å². The van der Waals surface area contributed by atoms with Crippen LogP contribution in [0, 0.1) is 5.92 Å². The minimum absolute atomic E-state index is 0.496. The van der Waals surface area contributed by atoms with E-state index in [1.165, 1.54) is 6.20 Å². The number of alkyl halides is 1. The summed E-state index contributed by atoms with van der Waals surface area (Å²) in [4.78, 5) is 0. The van der Waals surface area contributed by atoms with E-state index in [-0.39, 0.29) is 0 Å². The SMILES string of the molecule is CC(C)Cn1cc(C(O)CF)cn1. The number of hydrogen-bond acceptors (Lipinski definition) is 2. The average Bonchev–Trinajstić information content (AvgIpc) is 2.50. The summed E-state index contributed by atoms with van der Waals surface area (Å²) >= 11 is 0. The molecule has 0 aromatic carbocycles. The van der Waals surface area contributed by atoms with Crippen molar-refractivity contribution in [3.8, 4) is 0 Å². The van der Waals surface area contributed by atoms with Crippen LogP contribution in [0.15, 0.2) is 12.4 Å². The summed E-state index contributed by atoms with van der Waals surface area (Å²) in [5.74, 6) is 0.496. The molecule has 0 aliphatic carbocycles. The van der Waals surface area contributed by atoms with Gasteiger partial charge in [0.2, 0.25) is 0 Å². The van der Waals surface area contributed by atoms with Crippen LogP contribution in [0.25, 0.3) is 0 Å². The smallest absolute Gasteiger partial charge is 0.120 e. The number of aromatic nitrogens is 2. The van der Waals surface area contributed by atoms with Crippen LogP contribution >= 0.6 is 0 Å². The topological polar surface area (TPSA) is 38.0 Å². The molecule has 0 fully saturated rings. The standard InChI is InChI=1S/C9H15FN2O/c1-7(2)5-12-6-8(4-11-12)9(13)3-10/h4,6-7,9,13H,3,5H2,1-2H3. The minimum Gasteiger partial charge on any atom is -0.386 e. The van der Waals surface area contributed by atoms with E-state index in [0.717, 1.165) is 6.54 Å². The molecule has 1 N–H and O–H groups in total. The van der Waals surface area contributed by atoms with Crippen molar-refractivity contribution < 1.29 is 9.50 Å². The number of rotatable bonds is 4. The zero-order valence-electron chi connectivity index (χ0n) is 7.94. The van der Waals surface area contributed by atoms with Crippen LogP contribution in [0.2, 0.25) is 0 Å². The lowest BCUT2D eigenvalue weighted by molar-refractivity contribution is 0.141. The van der Waals surface area contributed by atoms with E-state index >= 15 is 0 Å². The van der Waals surface area contributed by atoms with Crippen LogP contribution in [0.5, 0.6) is 0 Å². The van der Waals surface area contributed by atoms with Crippen LogP contribution in [0.1, 0.15) is 25.5 Å². The predicted molar refractivity (Wildman–Crippen MR) is 48.0 cm³/mol. The molecule has 1 aromatic rings. The highest BCUT2D eigenvalue weighted by molar-refractivity contribution is 5.07. The van der Waals surface area contributed by atoms with Crippen molar-refractivity contribution in [1.82, 2.24) is 9.78 Å². The van der Waals surface area contributed by atoms with E-state index in [4.69, 9.17) is 5.11 Å². The van der Waals surface area contributed by atoms with Gasteiger partial charge >= 0.3 is 0 Å². The average molecular weight is 186 g/mol. The Morgan fingerprint density at radius 1 is 1.62 bits per heavy atom. The third-order valence-electron chi connectivity index (χ3n) is 1.74. The van der Waals surface area contributed by atoms with Crippen molar-refractivity contribution in [2.75, 3.05) is 6.67 Å². The maximum absolute atomic E-state index is 12.1. The van der Waals surface area contributed by atoms with Gasteiger partial charge in [-0.2, -0.15) is 5.10 Å². The molecule has 0 aliphatic rings. The van der Waals surface area contributed by atoms with Crippen LogP contribution in [-0.2, 0) is 6.54 Å². The highest BCUT2D eigenvalue weighted by Gasteiger charge is 2.09. The molecular weight excluding hydrogens is 171 g/mol. The van der Waals surface area contributed by atoms with Gasteiger partial charge in [0.15, 0.2) is 0 Å². The molecule has 0 spiro atoms. The largest absolute Gasteiger partial charge is 0.386 e. The fourth-order valence-electron chi connectivity index (χ4n) is 1.11. The Bertz CT molecular complexity index is 260. The third-order valence-corrected chi connectivity index (χ3v) is 1.74. The summed E-state index contributed by atoms with van der Waals surface area (Å²) in [6.07, 6.45) is 2.16. The quantitative estimate of drug-likeness (QED) is 0.774. The molecule has 0 radical (unpaired) electrons. The first-order valence-electron chi connectivity index (χ1n) is 4.40. The maximum atomic E-state index is 12.1. The maximum Gasteiger partial charge on any atom is 0.120 e. The van der Waals surface area contributed by atoms with Crippen LogP contribution in [-0.4, -0.2) is 21.6 Å². The highest BCUT2D eigenvalue weighted by Crippen LogP contribution is 2.12. The number of halogens is 1. The number of aliphatic hydroxyl groups excluding tert-OH is 1. The fourth-order valence-corrected chi connectivity index (χ4v) is 1.11. The highest BCUT2D eigenvalue weighted by atomic mass is 19.1. The molecule has 1 unspecified atom stereocenters. The zero-order valence-corrected chi connectivity index (χ0v) is 7.94. The first kappa shape index (κ1) is 10.2. The van der Waals surface area contributed by atoms with Gasteiger partial charge in [-0.05, 0) is 5.92 Å². The summed E-state index contributed by atoms with van der Waals surface area (Å²) in [6, 6.07) is 0. The van der Waals surface area contributed by atoms with Gasteiger partial charge in [-0.1, -0.05) is 13.8 Å². The molecule has 1 atom stereocenters. The second kappa shape index (κ2) is 4.37. The summed E-state index contributed by atoms with van der Waals surface area (Å²) < 4.78 is 13.8. The Balaban J connectivity index is 2.63. The van der Waals surface area contributed by atoms with E-state index in [1.807, 2.05) is 0 Å². The molecule has 3 nitrogen and oxygen atoms in total. The first-order chi connectivity index (χ1) is 6.13. The number of hydrogen-bond donors (Lipinski definition) is 1. The Morgan fingerprint density at radius 2 is 2.31 bits per heavy atom. The molecule has 1 heterocycles. The molecule has 1 rings (SSSR count). The molecule has 0 saturated heterocycles. The van der Waals surface area contributed by atoms with E-state index in [1.54, 1.807) is 10.9 Å². The second-order valence-corrected chi connectivity index (χ2v) is 3.56. The van der Waals surface area contributed by atoms with Crippen molar-refractivity contribution in [3.05, 3.63) is 18.0 Å². The van der Waals surface area contributed by atoms with Gasteiger partial charge in [0, 0.05) is 18.3 Å². The summed E-state index contributed by atoms with van der Waals surface area (Å²) in [5, 5.41) is 13.2. The van der Waals surface area contributed by atoms with Crippen LogP contribution in [0.4, 0.5) is 4.39 Å². The molecule has 0 amide bonds. The number of nitrogens with zero attached hydrogens (tertiary/aromatic N) is 2. The Kier molecular flexibility index (Phi) is 3.42. The molecule has 0 saturated carbocycles. The monoisotopic (exact) mass is 186 g/mol. The lowest BCUT2D eigenvalue weighted by atomic mass is 10.2. The molecule has 0 aliphatic heterocycles. The van der Waals surface area contributed by atoms with Gasteiger partial charge in [0.05, 0.1) is 6.20 Å². The minimum atomic E-state index is -1.03. The second-order valence-electron chi connectivity index (χ2n) is 3.56. The van der Waals surface area contributed by atoms with Crippen molar-refractivity contribution >= 4 is 0 Å². The van der Waals surface area contributed by atoms with E-state index in [2.05, 4.69) is 18.9 Å². The van der Waals surface area contributed by atoms with Gasteiger partial charge < -0.3 is 5.11 Å². The van der Waals surface area contributed by atoms with Gasteiger partial charge in [-0.15, -0.1) is 0 Å². The molecule has 4 heteroatoms. The van der Waals surface area contributed by atoms with Gasteiger partial charge in [-0.25, -0.2) is 4.39 Å². The molecular formula is C9H15FN2O. The van der Waals surface area contributed by atoms with E-state index < -0.39 is 12.8 Å². The van der Waals surface area contributed by atoms with Crippen molar-refractivity contribution in [2.45, 2.75) is 26.5 Å². The van der Waals surface area contributed by atoms with Gasteiger partial charge in [0.25, 0.3) is 0 Å². The zero-order chi connectivity index (χ0) is 9.84. The Morgan fingerprint density at radius 3 is 2.85 bits per heavy atom.